The largest absolute Gasteiger partial charge is 0.497 e. The maximum absolute atomic E-state index is 5.42. The minimum absolute atomic E-state index is 0.281. The Labute approximate surface area is 110 Å². The summed E-state index contributed by atoms with van der Waals surface area (Å²) >= 11 is 0. The fourth-order valence-electron chi connectivity index (χ4n) is 1.89. The second-order valence-electron chi connectivity index (χ2n) is 4.37. The van der Waals surface area contributed by atoms with Gasteiger partial charge in [-0.05, 0) is 39.2 Å². The summed E-state index contributed by atoms with van der Waals surface area (Å²) < 4.78 is 10.7. The topological polar surface area (TPSA) is 33.7 Å². The molecule has 0 heterocycles. The Morgan fingerprint density at radius 2 is 2.00 bits per heavy atom. The molecule has 1 aromatic rings. The Balaban J connectivity index is 2.91. The number of hydrogen-bond donors (Lipinski definition) is 1. The van der Waals surface area contributed by atoms with E-state index < -0.39 is 0 Å². The number of hydrogen-bond acceptors (Lipinski definition) is 4. The van der Waals surface area contributed by atoms with E-state index in [2.05, 4.69) is 24.2 Å². The summed E-state index contributed by atoms with van der Waals surface area (Å²) in [6, 6.07) is 6.20. The van der Waals surface area contributed by atoms with Crippen molar-refractivity contribution in [3.05, 3.63) is 23.8 Å². The highest BCUT2D eigenvalue weighted by Gasteiger charge is 2.16. The molecule has 1 rings (SSSR count). The predicted molar refractivity (Wildman–Crippen MR) is 74.5 cm³/mol. The van der Waals surface area contributed by atoms with Crippen molar-refractivity contribution in [2.45, 2.75) is 13.0 Å². The number of nitrogens with zero attached hydrogens (tertiary/aromatic N) is 1. The third-order valence-corrected chi connectivity index (χ3v) is 3.26. The molecule has 4 nitrogen and oxygen atoms in total. The Morgan fingerprint density at radius 3 is 2.56 bits per heavy atom. The van der Waals surface area contributed by atoms with Gasteiger partial charge in [0.15, 0.2) is 0 Å². The molecular weight excluding hydrogens is 228 g/mol. The number of rotatable bonds is 7. The van der Waals surface area contributed by atoms with Gasteiger partial charge < -0.3 is 14.8 Å². The quantitative estimate of drug-likeness (QED) is 0.804. The van der Waals surface area contributed by atoms with Crippen molar-refractivity contribution in [1.82, 2.24) is 10.2 Å². The van der Waals surface area contributed by atoms with Crippen molar-refractivity contribution in [3.63, 3.8) is 0 Å². The summed E-state index contributed by atoms with van der Waals surface area (Å²) in [7, 11) is 7.46. The van der Waals surface area contributed by atoms with Crippen LogP contribution in [0.4, 0.5) is 0 Å². The van der Waals surface area contributed by atoms with Crippen molar-refractivity contribution < 1.29 is 9.47 Å². The van der Waals surface area contributed by atoms with Gasteiger partial charge in [-0.2, -0.15) is 0 Å². The number of methoxy groups -OCH3 is 2. The van der Waals surface area contributed by atoms with Crippen LogP contribution in [-0.2, 0) is 0 Å². The fourth-order valence-corrected chi connectivity index (χ4v) is 1.89. The lowest BCUT2D eigenvalue weighted by Gasteiger charge is -2.26. The zero-order valence-corrected chi connectivity index (χ0v) is 12.0. The van der Waals surface area contributed by atoms with Gasteiger partial charge in [-0.3, -0.25) is 4.90 Å². The van der Waals surface area contributed by atoms with E-state index in [1.807, 2.05) is 25.2 Å². The van der Waals surface area contributed by atoms with E-state index in [-0.39, 0.29) is 6.04 Å². The standard InChI is InChI=1S/C14H24N2O2/c1-11(16(3)9-8-15-2)13-10-12(17-4)6-7-14(13)18-5/h6-7,10-11,15H,8-9H2,1-5H3. The minimum atomic E-state index is 0.281. The van der Waals surface area contributed by atoms with Crippen LogP contribution in [0.5, 0.6) is 11.5 Å². The molecule has 1 N–H and O–H groups in total. The molecule has 1 aromatic carbocycles. The summed E-state index contributed by atoms with van der Waals surface area (Å²) in [4.78, 5) is 2.29. The SMILES string of the molecule is CNCCN(C)C(C)c1cc(OC)ccc1OC. The molecule has 0 fully saturated rings. The van der Waals surface area contributed by atoms with E-state index in [1.54, 1.807) is 14.2 Å². The van der Waals surface area contributed by atoms with Crippen molar-refractivity contribution in [1.29, 1.82) is 0 Å². The van der Waals surface area contributed by atoms with Crippen molar-refractivity contribution in [2.75, 3.05) is 41.4 Å². The first-order valence-corrected chi connectivity index (χ1v) is 6.20. The van der Waals surface area contributed by atoms with E-state index >= 15 is 0 Å². The Kier molecular flexibility index (Phi) is 5.95. The third kappa shape index (κ3) is 3.62. The van der Waals surface area contributed by atoms with Crippen LogP contribution < -0.4 is 14.8 Å². The maximum Gasteiger partial charge on any atom is 0.123 e. The summed E-state index contributed by atoms with van der Waals surface area (Å²) in [5.41, 5.74) is 1.15. The molecule has 0 spiro atoms. The van der Waals surface area contributed by atoms with Gasteiger partial charge in [-0.25, -0.2) is 0 Å². The normalized spacial score (nSPS) is 12.6. The second-order valence-corrected chi connectivity index (χ2v) is 4.37. The van der Waals surface area contributed by atoms with Crippen LogP contribution in [0.3, 0.4) is 0 Å². The molecule has 0 bridgehead atoms. The molecule has 1 unspecified atom stereocenters. The summed E-state index contributed by atoms with van der Waals surface area (Å²) in [6.45, 7) is 4.12. The molecule has 4 heteroatoms. The summed E-state index contributed by atoms with van der Waals surface area (Å²) in [5, 5.41) is 3.16. The monoisotopic (exact) mass is 252 g/mol. The minimum Gasteiger partial charge on any atom is -0.497 e. The lowest BCUT2D eigenvalue weighted by molar-refractivity contribution is 0.256. The highest BCUT2D eigenvalue weighted by molar-refractivity contribution is 5.42. The zero-order chi connectivity index (χ0) is 13.5. The molecule has 0 aliphatic rings. The van der Waals surface area contributed by atoms with E-state index in [9.17, 15) is 0 Å². The van der Waals surface area contributed by atoms with Crippen LogP contribution in [0.25, 0.3) is 0 Å². The molecule has 0 amide bonds. The van der Waals surface area contributed by atoms with Gasteiger partial charge in [-0.15, -0.1) is 0 Å². The first kappa shape index (κ1) is 14.8. The number of nitrogens with one attached hydrogen (secondary N) is 1. The van der Waals surface area contributed by atoms with Crippen LogP contribution in [-0.4, -0.2) is 46.3 Å². The molecule has 0 radical (unpaired) electrons. The average Bonchev–Trinajstić information content (AvgIpc) is 2.43. The molecule has 0 aliphatic carbocycles. The van der Waals surface area contributed by atoms with Crippen LogP contribution in [0.2, 0.25) is 0 Å². The fraction of sp³-hybridized carbons (Fsp3) is 0.571. The smallest absolute Gasteiger partial charge is 0.123 e. The van der Waals surface area contributed by atoms with Crippen LogP contribution >= 0.6 is 0 Å². The molecule has 102 valence electrons. The molecular formula is C14H24N2O2. The molecule has 0 aliphatic heterocycles. The highest BCUT2D eigenvalue weighted by atomic mass is 16.5. The Morgan fingerprint density at radius 1 is 1.28 bits per heavy atom. The molecule has 1 atom stereocenters. The van der Waals surface area contributed by atoms with Crippen LogP contribution in [0.1, 0.15) is 18.5 Å². The van der Waals surface area contributed by atoms with E-state index in [1.165, 1.54) is 0 Å². The molecule has 0 saturated heterocycles. The third-order valence-electron chi connectivity index (χ3n) is 3.26. The summed E-state index contributed by atoms with van der Waals surface area (Å²) in [5.74, 6) is 1.76. The molecule has 0 aromatic heterocycles. The number of likely N-dealkylation sites (N-methyl/N-ethyl adjacent to an activating group) is 2. The first-order chi connectivity index (χ1) is 8.63. The van der Waals surface area contributed by atoms with E-state index in [0.717, 1.165) is 30.2 Å². The lowest BCUT2D eigenvalue weighted by atomic mass is 10.1. The number of ether oxygens (including phenoxy) is 2. The second kappa shape index (κ2) is 7.24. The van der Waals surface area contributed by atoms with E-state index in [4.69, 9.17) is 9.47 Å². The zero-order valence-electron chi connectivity index (χ0n) is 12.0. The first-order valence-electron chi connectivity index (χ1n) is 6.20. The number of benzene rings is 1. The van der Waals surface area contributed by atoms with Gasteiger partial charge in [0, 0.05) is 24.7 Å². The molecule has 18 heavy (non-hydrogen) atoms. The maximum atomic E-state index is 5.42. The van der Waals surface area contributed by atoms with Gasteiger partial charge in [0.2, 0.25) is 0 Å². The van der Waals surface area contributed by atoms with Gasteiger partial charge in [-0.1, -0.05) is 0 Å². The van der Waals surface area contributed by atoms with Crippen molar-refractivity contribution >= 4 is 0 Å². The molecule has 0 saturated carbocycles. The van der Waals surface area contributed by atoms with Crippen molar-refractivity contribution in [2.24, 2.45) is 0 Å². The average molecular weight is 252 g/mol. The summed E-state index contributed by atoms with van der Waals surface area (Å²) in [6.07, 6.45) is 0. The van der Waals surface area contributed by atoms with Crippen LogP contribution in [0.15, 0.2) is 18.2 Å². The van der Waals surface area contributed by atoms with Gasteiger partial charge in [0.05, 0.1) is 14.2 Å². The van der Waals surface area contributed by atoms with Gasteiger partial charge >= 0.3 is 0 Å². The van der Waals surface area contributed by atoms with Gasteiger partial charge in [0.1, 0.15) is 11.5 Å². The van der Waals surface area contributed by atoms with Crippen LogP contribution in [0, 0.1) is 0 Å². The van der Waals surface area contributed by atoms with Crippen molar-refractivity contribution in [3.8, 4) is 11.5 Å². The lowest BCUT2D eigenvalue weighted by Crippen LogP contribution is -2.29. The Bertz CT molecular complexity index is 369. The van der Waals surface area contributed by atoms with Gasteiger partial charge in [0.25, 0.3) is 0 Å². The highest BCUT2D eigenvalue weighted by Crippen LogP contribution is 2.31. The Hall–Kier alpha value is -1.26. The van der Waals surface area contributed by atoms with E-state index in [0.29, 0.717) is 0 Å². The predicted octanol–water partition coefficient (Wildman–Crippen LogP) is 1.92.